The van der Waals surface area contributed by atoms with E-state index < -0.39 is 25.9 Å². The number of hydrogen-bond acceptors (Lipinski definition) is 4. The minimum Gasteiger partial charge on any atom is -0.224 e. The zero-order valence-electron chi connectivity index (χ0n) is 13.2. The van der Waals surface area contributed by atoms with Crippen molar-refractivity contribution in [1.29, 1.82) is 0 Å². The largest absolute Gasteiger partial charge is 0.241 e. The van der Waals surface area contributed by atoms with Gasteiger partial charge in [-0.1, -0.05) is 23.2 Å². The van der Waals surface area contributed by atoms with Crippen molar-refractivity contribution in [2.45, 2.75) is 29.2 Å². The molecule has 5 nitrogen and oxygen atoms in total. The molecule has 134 valence electrons. The lowest BCUT2D eigenvalue weighted by atomic mass is 10.1. The van der Waals surface area contributed by atoms with Gasteiger partial charge in [-0.15, -0.1) is 0 Å². The second kappa shape index (κ2) is 6.55. The highest BCUT2D eigenvalue weighted by Crippen LogP contribution is 2.35. The van der Waals surface area contributed by atoms with Gasteiger partial charge in [0, 0.05) is 16.1 Å². The summed E-state index contributed by atoms with van der Waals surface area (Å²) in [5.74, 6) is -0.131. The first-order valence-corrected chi connectivity index (χ1v) is 11.3. The molecule has 1 aliphatic rings. The van der Waals surface area contributed by atoms with E-state index in [1.165, 1.54) is 30.3 Å². The van der Waals surface area contributed by atoms with E-state index in [4.69, 9.17) is 23.2 Å². The van der Waals surface area contributed by atoms with Gasteiger partial charge in [0.15, 0.2) is 9.84 Å². The number of fused-ring (bicyclic) bond motifs is 1. The van der Waals surface area contributed by atoms with Crippen LogP contribution in [0.5, 0.6) is 0 Å². The molecule has 3 rings (SSSR count). The molecule has 0 amide bonds. The first-order valence-electron chi connectivity index (χ1n) is 7.41. The third kappa shape index (κ3) is 3.71. The number of halogens is 2. The Morgan fingerprint density at radius 1 is 1.08 bits per heavy atom. The minimum absolute atomic E-state index is 0.105. The fourth-order valence-corrected chi connectivity index (χ4v) is 6.39. The molecule has 0 bridgehead atoms. The predicted molar refractivity (Wildman–Crippen MR) is 97.4 cm³/mol. The summed E-state index contributed by atoms with van der Waals surface area (Å²) in [6.45, 7) is 1.65. The molecule has 0 aliphatic carbocycles. The molecule has 1 heterocycles. The molecular weight excluding hydrogens is 405 g/mol. The lowest BCUT2D eigenvalue weighted by molar-refractivity contribution is 0.527. The van der Waals surface area contributed by atoms with Crippen molar-refractivity contribution >= 4 is 43.1 Å². The Balaban J connectivity index is 2.02. The Hall–Kier alpha value is -1.12. The molecule has 0 aromatic heterocycles. The van der Waals surface area contributed by atoms with Crippen LogP contribution in [0.2, 0.25) is 10.0 Å². The molecule has 2 aromatic rings. The van der Waals surface area contributed by atoms with Crippen LogP contribution in [-0.4, -0.2) is 22.6 Å². The van der Waals surface area contributed by atoms with E-state index in [0.29, 0.717) is 21.2 Å². The number of sulfonamides is 1. The van der Waals surface area contributed by atoms with Crippen LogP contribution in [0.4, 0.5) is 0 Å². The van der Waals surface area contributed by atoms with Crippen LogP contribution < -0.4 is 4.72 Å². The van der Waals surface area contributed by atoms with Crippen LogP contribution in [0.3, 0.4) is 0 Å². The van der Waals surface area contributed by atoms with Gasteiger partial charge in [-0.3, -0.25) is 0 Å². The number of rotatable bonds is 3. The Kier molecular flexibility index (Phi) is 4.89. The fraction of sp³-hybridized carbons (Fsp3) is 0.250. The Morgan fingerprint density at radius 3 is 2.40 bits per heavy atom. The highest BCUT2D eigenvalue weighted by molar-refractivity contribution is 7.91. The van der Waals surface area contributed by atoms with Crippen LogP contribution in [0.1, 0.15) is 23.6 Å². The second-order valence-corrected chi connectivity index (χ2v) is 10.5. The number of nitrogens with one attached hydrogen (secondary N) is 1. The van der Waals surface area contributed by atoms with Gasteiger partial charge in [0.2, 0.25) is 10.0 Å². The summed E-state index contributed by atoms with van der Waals surface area (Å²) in [7, 11) is -7.28. The van der Waals surface area contributed by atoms with Crippen molar-refractivity contribution in [2.24, 2.45) is 0 Å². The summed E-state index contributed by atoms with van der Waals surface area (Å²) in [4.78, 5) is 0.220. The van der Waals surface area contributed by atoms with Gasteiger partial charge in [-0.25, -0.2) is 21.6 Å². The predicted octanol–water partition coefficient (Wildman–Crippen LogP) is 3.50. The van der Waals surface area contributed by atoms with E-state index >= 15 is 0 Å². The van der Waals surface area contributed by atoms with Gasteiger partial charge >= 0.3 is 0 Å². The zero-order valence-corrected chi connectivity index (χ0v) is 16.3. The molecule has 1 unspecified atom stereocenters. The summed E-state index contributed by atoms with van der Waals surface area (Å²) in [6, 6.07) is 8.22. The average molecular weight is 420 g/mol. The molecule has 1 aliphatic heterocycles. The highest BCUT2D eigenvalue weighted by Gasteiger charge is 2.33. The first kappa shape index (κ1) is 18.7. The number of benzene rings is 2. The summed E-state index contributed by atoms with van der Waals surface area (Å²) in [5, 5.41) is 0.792. The monoisotopic (exact) mass is 419 g/mol. The van der Waals surface area contributed by atoms with Crippen LogP contribution in [0.15, 0.2) is 46.2 Å². The molecule has 0 saturated heterocycles. The number of hydrogen-bond donors (Lipinski definition) is 1. The van der Waals surface area contributed by atoms with Crippen LogP contribution in [0, 0.1) is 6.92 Å². The van der Waals surface area contributed by atoms with Crippen molar-refractivity contribution in [3.05, 3.63) is 57.6 Å². The standard InChI is InChI=1S/C16H15Cl2NO4S2/c1-10-8-11(17)2-4-15(10)25(22,23)19-14-6-7-24(20,21)16-5-3-12(18)9-13(14)16/h2-5,8-9,14,19H,6-7H2,1H3. The van der Waals surface area contributed by atoms with Crippen LogP contribution >= 0.6 is 23.2 Å². The number of sulfone groups is 1. The zero-order chi connectivity index (χ0) is 18.4. The van der Waals surface area contributed by atoms with Crippen molar-refractivity contribution in [2.75, 3.05) is 5.75 Å². The summed E-state index contributed by atoms with van der Waals surface area (Å²) >= 11 is 11.9. The molecule has 25 heavy (non-hydrogen) atoms. The highest BCUT2D eigenvalue weighted by atomic mass is 35.5. The van der Waals surface area contributed by atoms with Gasteiger partial charge in [-0.05, 0) is 60.9 Å². The van der Waals surface area contributed by atoms with Gasteiger partial charge in [-0.2, -0.15) is 0 Å². The molecule has 0 saturated carbocycles. The molecule has 1 atom stereocenters. The third-order valence-corrected chi connectivity index (χ3v) is 8.00. The summed E-state index contributed by atoms with van der Waals surface area (Å²) in [5.41, 5.74) is 0.878. The Morgan fingerprint density at radius 2 is 1.72 bits per heavy atom. The Bertz CT molecular complexity index is 1050. The normalized spacial score (nSPS) is 19.4. The molecule has 0 radical (unpaired) electrons. The maximum absolute atomic E-state index is 12.8. The first-order chi connectivity index (χ1) is 11.6. The quantitative estimate of drug-likeness (QED) is 0.824. The van der Waals surface area contributed by atoms with E-state index in [1.54, 1.807) is 13.0 Å². The smallest absolute Gasteiger partial charge is 0.224 e. The SMILES string of the molecule is Cc1cc(Cl)ccc1S(=O)(=O)NC1CCS(=O)(=O)c2ccc(Cl)cc21. The summed E-state index contributed by atoms with van der Waals surface area (Å²) in [6.07, 6.45) is 0.140. The van der Waals surface area contributed by atoms with Crippen molar-refractivity contribution in [1.82, 2.24) is 4.72 Å². The van der Waals surface area contributed by atoms with E-state index in [-0.39, 0.29) is 22.0 Å². The lowest BCUT2D eigenvalue weighted by Gasteiger charge is -2.26. The second-order valence-electron chi connectivity index (χ2n) is 5.87. The van der Waals surface area contributed by atoms with Crippen molar-refractivity contribution < 1.29 is 16.8 Å². The van der Waals surface area contributed by atoms with Gasteiger partial charge < -0.3 is 0 Å². The van der Waals surface area contributed by atoms with E-state index in [9.17, 15) is 16.8 Å². The maximum atomic E-state index is 12.8. The molecular formula is C16H15Cl2NO4S2. The molecule has 2 aromatic carbocycles. The van der Waals surface area contributed by atoms with E-state index in [1.807, 2.05) is 0 Å². The average Bonchev–Trinajstić information content (AvgIpc) is 2.49. The third-order valence-electron chi connectivity index (χ3n) is 4.08. The maximum Gasteiger partial charge on any atom is 0.241 e. The minimum atomic E-state index is -3.85. The van der Waals surface area contributed by atoms with Crippen molar-refractivity contribution in [3.8, 4) is 0 Å². The number of aryl methyl sites for hydroxylation is 1. The van der Waals surface area contributed by atoms with Crippen LogP contribution in [0.25, 0.3) is 0 Å². The van der Waals surface area contributed by atoms with E-state index in [0.717, 1.165) is 0 Å². The Labute approximate surface area is 156 Å². The molecule has 1 N–H and O–H groups in total. The summed E-state index contributed by atoms with van der Waals surface area (Å²) < 4.78 is 52.5. The van der Waals surface area contributed by atoms with Gasteiger partial charge in [0.05, 0.1) is 15.5 Å². The molecule has 0 fully saturated rings. The van der Waals surface area contributed by atoms with E-state index in [2.05, 4.69) is 4.72 Å². The van der Waals surface area contributed by atoms with Crippen molar-refractivity contribution in [3.63, 3.8) is 0 Å². The van der Waals surface area contributed by atoms with Gasteiger partial charge in [0.25, 0.3) is 0 Å². The topological polar surface area (TPSA) is 80.3 Å². The fourth-order valence-electron chi connectivity index (χ4n) is 2.90. The molecule has 0 spiro atoms. The lowest BCUT2D eigenvalue weighted by Crippen LogP contribution is -2.34. The van der Waals surface area contributed by atoms with Crippen LogP contribution in [-0.2, 0) is 19.9 Å². The molecule has 9 heteroatoms. The van der Waals surface area contributed by atoms with Gasteiger partial charge in [0.1, 0.15) is 0 Å².